The average Bonchev–Trinajstić information content (AvgIpc) is 3.86. The summed E-state index contributed by atoms with van der Waals surface area (Å²) >= 11 is 0. The number of hydrogen-bond donors (Lipinski definition) is 1. The number of methoxy groups -OCH3 is 4. The van der Waals surface area contributed by atoms with E-state index in [0.717, 1.165) is 21.6 Å². The van der Waals surface area contributed by atoms with Gasteiger partial charge >= 0.3 is 12.1 Å². The summed E-state index contributed by atoms with van der Waals surface area (Å²) in [5.74, 6) is 4.61. The molecule has 14 nitrogen and oxygen atoms in total. The first-order chi connectivity index (χ1) is 34.6. The highest BCUT2D eigenvalue weighted by molar-refractivity contribution is 6.23. The molecule has 4 heterocycles. The van der Waals surface area contributed by atoms with Gasteiger partial charge in [-0.05, 0) is 107 Å². The smallest absolute Gasteiger partial charge is 0.421 e. The van der Waals surface area contributed by atoms with E-state index >= 15 is 14.4 Å². The van der Waals surface area contributed by atoms with Crippen LogP contribution in [0.1, 0.15) is 62.7 Å². The van der Waals surface area contributed by atoms with E-state index in [0.29, 0.717) is 51.5 Å². The van der Waals surface area contributed by atoms with Gasteiger partial charge in [0.1, 0.15) is 35.7 Å². The normalized spacial score (nSPS) is 22.1. The van der Waals surface area contributed by atoms with E-state index < -0.39 is 59.4 Å². The van der Waals surface area contributed by atoms with Crippen molar-refractivity contribution in [3.8, 4) is 34.8 Å². The van der Waals surface area contributed by atoms with Gasteiger partial charge in [0, 0.05) is 31.3 Å². The average molecular weight is 954 g/mol. The van der Waals surface area contributed by atoms with Gasteiger partial charge in [0.05, 0.1) is 51.6 Å². The number of ether oxygens (including phenoxy) is 6. The lowest BCUT2D eigenvalue weighted by Crippen LogP contribution is -2.57. The maximum absolute atomic E-state index is 16.6. The number of nitrogens with zero attached hydrogens (tertiary/aromatic N) is 3. The molecule has 2 saturated heterocycles. The van der Waals surface area contributed by atoms with Crippen molar-refractivity contribution in [1.29, 1.82) is 0 Å². The van der Waals surface area contributed by atoms with Crippen LogP contribution in [0, 0.1) is 17.8 Å². The minimum atomic E-state index is -2.05. The zero-order valence-corrected chi connectivity index (χ0v) is 39.6. The number of phenolic OH excluding ortho intramolecular Hbond substituents is 1. The van der Waals surface area contributed by atoms with Gasteiger partial charge in [0.25, 0.3) is 0 Å². The van der Waals surface area contributed by atoms with Crippen LogP contribution in [-0.2, 0) is 47.0 Å². The highest BCUT2D eigenvalue weighted by atomic mass is 16.6. The van der Waals surface area contributed by atoms with E-state index in [1.807, 2.05) is 89.8 Å². The Bertz CT molecular complexity index is 3060. The summed E-state index contributed by atoms with van der Waals surface area (Å²) < 4.78 is 34.3. The minimum absolute atomic E-state index is 0.0403. The van der Waals surface area contributed by atoms with E-state index in [2.05, 4.69) is 11.8 Å². The SMILES string of the molecule is COCCOC(=O)N1C(=O)[C@@]2(c3cc(C#Cc4ccc(OC)cc4)ccc31)[C@H](C(=O)N1CCc3cc(OC)c(OC)cc3C1)[C@H]1C(=O)O[C@H](c3ccccc3)[C@H](c3ccccc3)N1[C@@H]2c1ccc(O)cc1. The van der Waals surface area contributed by atoms with Gasteiger partial charge in [-0.25, -0.2) is 9.69 Å². The number of imide groups is 1. The van der Waals surface area contributed by atoms with Gasteiger partial charge in [0.15, 0.2) is 11.5 Å². The molecule has 6 atom stereocenters. The second kappa shape index (κ2) is 19.3. The second-order valence-electron chi connectivity index (χ2n) is 17.8. The molecular weight excluding hydrogens is 903 g/mol. The largest absolute Gasteiger partial charge is 0.508 e. The zero-order valence-electron chi connectivity index (χ0n) is 39.6. The third kappa shape index (κ3) is 8.06. The Balaban J connectivity index is 1.25. The van der Waals surface area contributed by atoms with E-state index in [1.54, 1.807) is 68.7 Å². The number of rotatable bonds is 10. The van der Waals surface area contributed by atoms with Crippen molar-refractivity contribution in [2.24, 2.45) is 5.92 Å². The quantitative estimate of drug-likeness (QED) is 0.0809. The van der Waals surface area contributed by atoms with Gasteiger partial charge in [-0.15, -0.1) is 0 Å². The second-order valence-corrected chi connectivity index (χ2v) is 17.8. The van der Waals surface area contributed by atoms with Crippen LogP contribution in [0.25, 0.3) is 0 Å². The summed E-state index contributed by atoms with van der Waals surface area (Å²) in [6.07, 6.45) is -1.48. The molecule has 6 aromatic rings. The van der Waals surface area contributed by atoms with Crippen LogP contribution in [0.5, 0.6) is 23.0 Å². The number of amides is 3. The summed E-state index contributed by atoms with van der Waals surface area (Å²) in [4.78, 5) is 67.8. The first-order valence-electron chi connectivity index (χ1n) is 23.3. The van der Waals surface area contributed by atoms with Crippen molar-refractivity contribution >= 4 is 29.6 Å². The minimum Gasteiger partial charge on any atom is -0.508 e. The summed E-state index contributed by atoms with van der Waals surface area (Å²) in [6, 6.07) is 38.1. The third-order valence-electron chi connectivity index (χ3n) is 14.1. The van der Waals surface area contributed by atoms with Gasteiger partial charge in [-0.2, -0.15) is 0 Å². The van der Waals surface area contributed by atoms with E-state index in [1.165, 1.54) is 19.2 Å². The van der Waals surface area contributed by atoms with Crippen molar-refractivity contribution in [1.82, 2.24) is 9.80 Å². The Morgan fingerprint density at radius 2 is 1.35 bits per heavy atom. The highest BCUT2D eigenvalue weighted by Crippen LogP contribution is 2.66. The molecule has 3 amide bonds. The molecule has 4 aliphatic heterocycles. The molecule has 71 heavy (non-hydrogen) atoms. The fraction of sp³-hybridized carbons (Fsp3) is 0.263. The molecule has 14 heteroatoms. The maximum Gasteiger partial charge on any atom is 0.421 e. The maximum atomic E-state index is 16.6. The number of phenols is 1. The molecule has 1 spiro atoms. The van der Waals surface area contributed by atoms with Crippen molar-refractivity contribution in [3.05, 3.63) is 184 Å². The summed E-state index contributed by atoms with van der Waals surface area (Å²) in [7, 11) is 6.16. The summed E-state index contributed by atoms with van der Waals surface area (Å²) in [5, 5.41) is 10.8. The number of anilines is 1. The van der Waals surface area contributed by atoms with Crippen LogP contribution in [-0.4, -0.2) is 93.0 Å². The number of morpholine rings is 1. The molecular formula is C57H51N3O11. The summed E-state index contributed by atoms with van der Waals surface area (Å²) in [5.41, 5.74) is 3.25. The fourth-order valence-corrected chi connectivity index (χ4v) is 11.0. The van der Waals surface area contributed by atoms with Crippen molar-refractivity contribution in [2.75, 3.05) is 53.1 Å². The van der Waals surface area contributed by atoms with Gasteiger partial charge in [0.2, 0.25) is 11.8 Å². The lowest BCUT2D eigenvalue weighted by molar-refractivity contribution is -0.179. The van der Waals surface area contributed by atoms with E-state index in [4.69, 9.17) is 28.4 Å². The third-order valence-corrected chi connectivity index (χ3v) is 14.1. The van der Waals surface area contributed by atoms with Crippen molar-refractivity contribution < 1.29 is 52.7 Å². The lowest BCUT2D eigenvalue weighted by Gasteiger charge is -2.46. The Morgan fingerprint density at radius 1 is 0.704 bits per heavy atom. The van der Waals surface area contributed by atoms with Gasteiger partial charge in [-0.1, -0.05) is 84.6 Å². The highest BCUT2D eigenvalue weighted by Gasteiger charge is 2.76. The Hall–Kier alpha value is -8.12. The molecule has 0 unspecified atom stereocenters. The van der Waals surface area contributed by atoms with Crippen LogP contribution < -0.4 is 19.1 Å². The number of fused-ring (bicyclic) bond motifs is 4. The number of carbonyl (C=O) groups excluding carboxylic acids is 4. The summed E-state index contributed by atoms with van der Waals surface area (Å²) in [6.45, 7) is 0.218. The first kappa shape index (κ1) is 46.6. The van der Waals surface area contributed by atoms with Crippen molar-refractivity contribution in [3.63, 3.8) is 0 Å². The van der Waals surface area contributed by atoms with Gasteiger partial charge < -0.3 is 38.4 Å². The molecule has 0 aromatic heterocycles. The Labute approximate surface area is 411 Å². The first-order valence-corrected chi connectivity index (χ1v) is 23.3. The molecule has 2 fully saturated rings. The lowest BCUT2D eigenvalue weighted by atomic mass is 9.64. The monoisotopic (exact) mass is 953 g/mol. The molecule has 360 valence electrons. The van der Waals surface area contributed by atoms with Crippen LogP contribution in [0.4, 0.5) is 10.5 Å². The number of hydrogen-bond acceptors (Lipinski definition) is 12. The van der Waals surface area contributed by atoms with Crippen LogP contribution in [0.15, 0.2) is 140 Å². The number of benzene rings is 6. The molecule has 0 aliphatic carbocycles. The topological polar surface area (TPSA) is 154 Å². The Morgan fingerprint density at radius 3 is 2.01 bits per heavy atom. The molecule has 0 radical (unpaired) electrons. The molecule has 0 saturated carbocycles. The predicted molar refractivity (Wildman–Crippen MR) is 261 cm³/mol. The number of cyclic esters (lactones) is 1. The standard InChI is InChI=1S/C57H51N3O11/c1-66-29-30-70-56(65)59-45-26-19-36(16-15-35-17-24-43(67-2)25-18-35)31-44(45)57(55(59)64)48(53(62)58-28-27-40-32-46(68-3)47(69-4)33-41(40)34-58)50-54(63)71-51(38-13-9-6-10-14-38)49(37-11-7-5-8-12-37)60(50)52(57)39-20-22-42(61)23-21-39/h5-14,17-26,31-33,48-52,61H,27-30,34H2,1-4H3/t48-,49-,50-,51+,52+,57-/m0/s1. The molecule has 1 N–H and O–H groups in total. The zero-order chi connectivity index (χ0) is 49.4. The van der Waals surface area contributed by atoms with E-state index in [9.17, 15) is 9.90 Å². The fourth-order valence-electron chi connectivity index (χ4n) is 11.0. The predicted octanol–water partition coefficient (Wildman–Crippen LogP) is 7.85. The van der Waals surface area contributed by atoms with E-state index in [-0.39, 0.29) is 37.7 Å². The molecule has 6 aromatic carbocycles. The van der Waals surface area contributed by atoms with Crippen molar-refractivity contribution in [2.45, 2.75) is 42.6 Å². The molecule has 4 aliphatic rings. The number of esters is 1. The van der Waals surface area contributed by atoms with Crippen LogP contribution >= 0.6 is 0 Å². The van der Waals surface area contributed by atoms with Gasteiger partial charge in [-0.3, -0.25) is 19.3 Å². The molecule has 10 rings (SSSR count). The van der Waals surface area contributed by atoms with Crippen LogP contribution in [0.2, 0.25) is 0 Å². The van der Waals surface area contributed by atoms with Crippen LogP contribution in [0.3, 0.4) is 0 Å². The number of aromatic hydroxyl groups is 1. The molecule has 0 bridgehead atoms. The number of carbonyl (C=O) groups is 4. The Kier molecular flexibility index (Phi) is 12.7.